The van der Waals surface area contributed by atoms with Gasteiger partial charge in [-0.3, -0.25) is 4.79 Å². The molecule has 0 aliphatic carbocycles. The molecule has 1 heterocycles. The minimum absolute atomic E-state index is 0.0393. The predicted molar refractivity (Wildman–Crippen MR) is 108 cm³/mol. The summed E-state index contributed by atoms with van der Waals surface area (Å²) >= 11 is 0. The normalized spacial score (nSPS) is 11.5. The van der Waals surface area contributed by atoms with Gasteiger partial charge >= 0.3 is 5.97 Å². The average Bonchev–Trinajstić information content (AvgIpc) is 2.74. The van der Waals surface area contributed by atoms with Gasteiger partial charge in [0.05, 0.1) is 0 Å². The molecule has 1 aromatic heterocycles. The fraction of sp³-hybridized carbons (Fsp3) is 0.182. The fourth-order valence-corrected chi connectivity index (χ4v) is 2.85. The molecule has 1 amide bonds. The Kier molecular flexibility index (Phi) is 6.52. The lowest BCUT2D eigenvalue weighted by Gasteiger charge is -2.26. The van der Waals surface area contributed by atoms with Crippen LogP contribution in [0.2, 0.25) is 0 Å². The number of nitrogens with zero attached hydrogens (tertiary/aromatic N) is 3. The van der Waals surface area contributed by atoms with Gasteiger partial charge in [-0.15, -0.1) is 0 Å². The summed E-state index contributed by atoms with van der Waals surface area (Å²) in [4.78, 5) is 34.8. The molecule has 2 N–H and O–H groups in total. The summed E-state index contributed by atoms with van der Waals surface area (Å²) in [7, 11) is 0. The van der Waals surface area contributed by atoms with Crippen molar-refractivity contribution < 1.29 is 14.3 Å². The van der Waals surface area contributed by atoms with Crippen molar-refractivity contribution >= 4 is 17.7 Å². The van der Waals surface area contributed by atoms with E-state index in [4.69, 9.17) is 10.5 Å². The number of carbonyl (C=O) groups is 2. The molecule has 0 bridgehead atoms. The van der Waals surface area contributed by atoms with E-state index < -0.39 is 12.1 Å². The lowest BCUT2D eigenvalue weighted by atomic mass is 10.1. The summed E-state index contributed by atoms with van der Waals surface area (Å²) in [6.07, 6.45) is 1.72. The Balaban J connectivity index is 1.75. The second-order valence-electron chi connectivity index (χ2n) is 6.50. The third kappa shape index (κ3) is 5.38. The summed E-state index contributed by atoms with van der Waals surface area (Å²) in [5.41, 5.74) is 7.52. The summed E-state index contributed by atoms with van der Waals surface area (Å²) in [5.74, 6) is -1.13. The first-order valence-electron chi connectivity index (χ1n) is 9.18. The Morgan fingerprint density at radius 2 is 1.45 bits per heavy atom. The van der Waals surface area contributed by atoms with Crippen LogP contribution in [-0.4, -0.2) is 32.8 Å². The minimum atomic E-state index is -1.00. The molecule has 3 rings (SSSR count). The topological polar surface area (TPSA) is 98.4 Å². The van der Waals surface area contributed by atoms with Crippen LogP contribution < -0.4 is 5.73 Å². The second-order valence-corrected chi connectivity index (χ2v) is 6.50. The number of ether oxygens (including phenoxy) is 1. The third-order valence-electron chi connectivity index (χ3n) is 4.30. The summed E-state index contributed by atoms with van der Waals surface area (Å²) in [6.45, 7) is 2.32. The highest BCUT2D eigenvalue weighted by Gasteiger charge is 2.26. The van der Waals surface area contributed by atoms with Crippen molar-refractivity contribution in [3.63, 3.8) is 0 Å². The lowest BCUT2D eigenvalue weighted by molar-refractivity contribution is -0.141. The zero-order valence-electron chi connectivity index (χ0n) is 16.1. The number of carbonyl (C=O) groups excluding carboxylic acids is 2. The Hall–Kier alpha value is -3.74. The maximum absolute atomic E-state index is 13.1. The molecule has 7 heteroatoms. The molecule has 1 atom stereocenters. The molecule has 0 spiro atoms. The van der Waals surface area contributed by atoms with Gasteiger partial charge in [0.25, 0.3) is 5.91 Å². The molecular weight excluding hydrogens is 368 g/mol. The average molecular weight is 390 g/mol. The van der Waals surface area contributed by atoms with Crippen LogP contribution in [0.5, 0.6) is 0 Å². The highest BCUT2D eigenvalue weighted by molar-refractivity contribution is 5.94. The van der Waals surface area contributed by atoms with E-state index in [1.165, 1.54) is 19.3 Å². The molecule has 0 saturated carbocycles. The van der Waals surface area contributed by atoms with Gasteiger partial charge in [-0.25, -0.2) is 14.8 Å². The van der Waals surface area contributed by atoms with E-state index in [2.05, 4.69) is 9.97 Å². The van der Waals surface area contributed by atoms with Crippen LogP contribution >= 0.6 is 0 Å². The number of rotatable bonds is 7. The van der Waals surface area contributed by atoms with E-state index in [1.54, 1.807) is 4.90 Å². The van der Waals surface area contributed by atoms with Gasteiger partial charge in [0.15, 0.2) is 17.6 Å². The van der Waals surface area contributed by atoms with Gasteiger partial charge in [0.1, 0.15) is 0 Å². The number of hydrogen-bond acceptors (Lipinski definition) is 6. The van der Waals surface area contributed by atoms with Crippen LogP contribution in [0, 0.1) is 0 Å². The highest BCUT2D eigenvalue weighted by atomic mass is 16.5. The molecule has 148 valence electrons. The van der Waals surface area contributed by atoms with Crippen LogP contribution in [0.1, 0.15) is 28.5 Å². The van der Waals surface area contributed by atoms with E-state index >= 15 is 0 Å². The maximum Gasteiger partial charge on any atom is 0.361 e. The largest absolute Gasteiger partial charge is 0.448 e. The molecule has 3 aromatic rings. The Labute approximate surface area is 169 Å². The van der Waals surface area contributed by atoms with E-state index in [0.29, 0.717) is 13.1 Å². The van der Waals surface area contributed by atoms with Gasteiger partial charge in [0, 0.05) is 25.5 Å². The maximum atomic E-state index is 13.1. The van der Waals surface area contributed by atoms with Crippen molar-refractivity contribution in [2.24, 2.45) is 0 Å². The SMILES string of the molecule is C[C@@H](OC(=O)c1nccnc1N)C(=O)N(Cc1ccccc1)Cc1ccccc1. The summed E-state index contributed by atoms with van der Waals surface area (Å²) in [5, 5.41) is 0. The van der Waals surface area contributed by atoms with Crippen LogP contribution in [0.15, 0.2) is 73.1 Å². The molecular formula is C22H22N4O3. The zero-order chi connectivity index (χ0) is 20.6. The molecule has 0 aliphatic heterocycles. The van der Waals surface area contributed by atoms with E-state index in [-0.39, 0.29) is 17.4 Å². The Morgan fingerprint density at radius 1 is 0.931 bits per heavy atom. The van der Waals surface area contributed by atoms with Crippen molar-refractivity contribution in [1.82, 2.24) is 14.9 Å². The zero-order valence-corrected chi connectivity index (χ0v) is 16.1. The van der Waals surface area contributed by atoms with E-state index in [0.717, 1.165) is 11.1 Å². The highest BCUT2D eigenvalue weighted by Crippen LogP contribution is 2.14. The first-order valence-corrected chi connectivity index (χ1v) is 9.18. The van der Waals surface area contributed by atoms with Crippen LogP contribution in [-0.2, 0) is 22.6 Å². The second kappa shape index (κ2) is 9.45. The van der Waals surface area contributed by atoms with Crippen molar-refractivity contribution in [3.05, 3.63) is 89.9 Å². The minimum Gasteiger partial charge on any atom is -0.448 e. The van der Waals surface area contributed by atoms with Crippen LogP contribution in [0.25, 0.3) is 0 Å². The Morgan fingerprint density at radius 3 is 1.97 bits per heavy atom. The van der Waals surface area contributed by atoms with Crippen molar-refractivity contribution in [1.29, 1.82) is 0 Å². The Bertz CT molecular complexity index is 923. The monoisotopic (exact) mass is 390 g/mol. The smallest absolute Gasteiger partial charge is 0.361 e. The first kappa shape index (κ1) is 20.0. The quantitative estimate of drug-likeness (QED) is 0.623. The number of amides is 1. The van der Waals surface area contributed by atoms with Crippen LogP contribution in [0.3, 0.4) is 0 Å². The molecule has 29 heavy (non-hydrogen) atoms. The molecule has 0 saturated heterocycles. The fourth-order valence-electron chi connectivity index (χ4n) is 2.85. The summed E-state index contributed by atoms with van der Waals surface area (Å²) in [6, 6.07) is 19.3. The lowest BCUT2D eigenvalue weighted by Crippen LogP contribution is -2.39. The number of nitrogens with two attached hydrogens (primary N) is 1. The van der Waals surface area contributed by atoms with Gasteiger partial charge in [-0.2, -0.15) is 0 Å². The number of esters is 1. The van der Waals surface area contributed by atoms with Gasteiger partial charge < -0.3 is 15.4 Å². The molecule has 7 nitrogen and oxygen atoms in total. The van der Waals surface area contributed by atoms with E-state index in [9.17, 15) is 9.59 Å². The third-order valence-corrected chi connectivity index (χ3v) is 4.30. The molecule has 0 radical (unpaired) electrons. The number of aromatic nitrogens is 2. The van der Waals surface area contributed by atoms with Gasteiger partial charge in [-0.05, 0) is 18.1 Å². The number of nitrogen functional groups attached to an aromatic ring is 1. The summed E-state index contributed by atoms with van der Waals surface area (Å²) < 4.78 is 5.32. The van der Waals surface area contributed by atoms with Gasteiger partial charge in [-0.1, -0.05) is 60.7 Å². The van der Waals surface area contributed by atoms with Gasteiger partial charge in [0.2, 0.25) is 0 Å². The first-order chi connectivity index (χ1) is 14.0. The standard InChI is InChI=1S/C22H22N4O3/c1-16(29-22(28)19-20(23)25-13-12-24-19)21(27)26(14-17-8-4-2-5-9-17)15-18-10-6-3-7-11-18/h2-13,16H,14-15H2,1H3,(H2,23,25)/t16-/m1/s1. The number of anilines is 1. The van der Waals surface area contributed by atoms with Crippen molar-refractivity contribution in [2.45, 2.75) is 26.1 Å². The van der Waals surface area contributed by atoms with Crippen LogP contribution in [0.4, 0.5) is 5.82 Å². The molecule has 0 fully saturated rings. The van der Waals surface area contributed by atoms with E-state index in [1.807, 2.05) is 60.7 Å². The van der Waals surface area contributed by atoms with Crippen molar-refractivity contribution in [2.75, 3.05) is 5.73 Å². The molecule has 0 aliphatic rings. The van der Waals surface area contributed by atoms with Crippen molar-refractivity contribution in [3.8, 4) is 0 Å². The predicted octanol–water partition coefficient (Wildman–Crippen LogP) is 2.83. The molecule has 0 unspecified atom stereocenters. The number of hydrogen-bond donors (Lipinski definition) is 1. The number of benzene rings is 2. The molecule has 2 aromatic carbocycles.